The summed E-state index contributed by atoms with van der Waals surface area (Å²) in [6.45, 7) is 0. The lowest BCUT2D eigenvalue weighted by Gasteiger charge is -2.02. The van der Waals surface area contributed by atoms with Crippen LogP contribution in [-0.2, 0) is 0 Å². The van der Waals surface area contributed by atoms with E-state index in [2.05, 4.69) is 32.6 Å². The Morgan fingerprint density at radius 3 is 2.52 bits per heavy atom. The molecule has 5 nitrogen and oxygen atoms in total. The van der Waals surface area contributed by atoms with Crippen molar-refractivity contribution in [3.05, 3.63) is 72.1 Å². The Morgan fingerprint density at radius 2 is 1.92 bits per heavy atom. The summed E-state index contributed by atoms with van der Waals surface area (Å²) >= 11 is 1.56. The molecule has 1 aromatic heterocycles. The van der Waals surface area contributed by atoms with Crippen LogP contribution in [0.5, 0.6) is 0 Å². The summed E-state index contributed by atoms with van der Waals surface area (Å²) in [5.41, 5.74) is 2.88. The lowest BCUT2D eigenvalue weighted by molar-refractivity contribution is 0.111. The third-order valence-electron chi connectivity index (χ3n) is 3.07. The number of aromatic amines is 1. The minimum Gasteiger partial charge on any atom is -0.298 e. The molecule has 0 saturated carbocycles. The van der Waals surface area contributed by atoms with Crippen molar-refractivity contribution in [1.82, 2.24) is 20.5 Å². The van der Waals surface area contributed by atoms with Gasteiger partial charge in [0.15, 0.2) is 6.29 Å². The van der Waals surface area contributed by atoms with E-state index in [0.717, 1.165) is 6.07 Å². The van der Waals surface area contributed by atoms with Crippen molar-refractivity contribution in [3.63, 3.8) is 0 Å². The van der Waals surface area contributed by atoms with E-state index < -0.39 is 17.2 Å². The molecule has 0 unspecified atom stereocenters. The van der Waals surface area contributed by atoms with Crippen molar-refractivity contribution < 1.29 is 13.6 Å². The smallest absolute Gasteiger partial charge is 0.155 e. The van der Waals surface area contributed by atoms with Gasteiger partial charge >= 0.3 is 0 Å². The van der Waals surface area contributed by atoms with E-state index in [1.807, 2.05) is 25.2 Å². The van der Waals surface area contributed by atoms with Crippen molar-refractivity contribution in [2.24, 2.45) is 0 Å². The van der Waals surface area contributed by atoms with Gasteiger partial charge in [-0.1, -0.05) is 18.2 Å². The molecule has 130 valence electrons. The third kappa shape index (κ3) is 5.21. The maximum atomic E-state index is 13.6. The molecule has 0 aliphatic heterocycles. The van der Waals surface area contributed by atoms with Crippen molar-refractivity contribution in [3.8, 4) is 11.1 Å². The zero-order valence-corrected chi connectivity index (χ0v) is 14.1. The Labute approximate surface area is 147 Å². The first-order chi connectivity index (χ1) is 12.2. The highest BCUT2D eigenvalue weighted by atomic mass is 32.2. The van der Waals surface area contributed by atoms with E-state index in [9.17, 15) is 13.6 Å². The highest BCUT2D eigenvalue weighted by Gasteiger charge is 2.14. The fourth-order valence-electron chi connectivity index (χ4n) is 1.90. The molecule has 0 aliphatic rings. The maximum absolute atomic E-state index is 13.6. The monoisotopic (exact) mass is 362 g/mol. The van der Waals surface area contributed by atoms with E-state index in [1.54, 1.807) is 11.9 Å². The standard InChI is InChI=1S/C10H6F2N2O.C7H10N2S/c11-9-2-1-7(6-3-13-14-4-6)10(12)8(9)5-15;1-8-9-10-7-5-3-2-4-6-7/h1-5H,(H,13,14);2-6,8-9H,1H3. The van der Waals surface area contributed by atoms with E-state index in [0.29, 0.717) is 5.56 Å². The zero-order valence-electron chi connectivity index (χ0n) is 13.3. The molecule has 3 rings (SSSR count). The summed E-state index contributed by atoms with van der Waals surface area (Å²) in [6.07, 6.45) is 3.02. The molecule has 0 saturated heterocycles. The minimum atomic E-state index is -0.869. The van der Waals surface area contributed by atoms with Gasteiger partial charge in [-0.2, -0.15) is 9.93 Å². The van der Waals surface area contributed by atoms with Crippen LogP contribution in [0.2, 0.25) is 0 Å². The lowest BCUT2D eigenvalue weighted by Crippen LogP contribution is -2.18. The number of hydrogen-bond acceptors (Lipinski definition) is 5. The van der Waals surface area contributed by atoms with Crippen molar-refractivity contribution >= 4 is 18.2 Å². The van der Waals surface area contributed by atoms with Crippen LogP contribution in [0.1, 0.15) is 10.4 Å². The summed E-state index contributed by atoms with van der Waals surface area (Å²) in [5, 5.41) is 6.15. The largest absolute Gasteiger partial charge is 0.298 e. The molecule has 0 radical (unpaired) electrons. The molecule has 2 aromatic carbocycles. The first kappa shape index (κ1) is 18.8. The van der Waals surface area contributed by atoms with Crippen molar-refractivity contribution in [2.45, 2.75) is 4.90 Å². The molecule has 0 aliphatic carbocycles. The molecular formula is C17H16F2N4OS. The maximum Gasteiger partial charge on any atom is 0.155 e. The van der Waals surface area contributed by atoms with Gasteiger partial charge in [-0.3, -0.25) is 15.3 Å². The van der Waals surface area contributed by atoms with Gasteiger partial charge < -0.3 is 0 Å². The van der Waals surface area contributed by atoms with E-state index in [4.69, 9.17) is 0 Å². The van der Waals surface area contributed by atoms with Crippen LogP contribution in [0.25, 0.3) is 11.1 Å². The van der Waals surface area contributed by atoms with Crippen LogP contribution in [0, 0.1) is 11.6 Å². The van der Waals surface area contributed by atoms with Gasteiger partial charge in [-0.25, -0.2) is 8.78 Å². The Kier molecular flexibility index (Phi) is 7.27. The average Bonchev–Trinajstić information content (AvgIpc) is 3.16. The second-order valence-electron chi connectivity index (χ2n) is 4.69. The van der Waals surface area contributed by atoms with Gasteiger partial charge in [0.1, 0.15) is 11.6 Å². The van der Waals surface area contributed by atoms with E-state index >= 15 is 0 Å². The second-order valence-corrected chi connectivity index (χ2v) is 5.57. The molecular weight excluding hydrogens is 346 g/mol. The van der Waals surface area contributed by atoms with Gasteiger partial charge in [0, 0.05) is 22.2 Å². The summed E-state index contributed by atoms with van der Waals surface area (Å²) in [5.74, 6) is -1.74. The first-order valence-electron chi connectivity index (χ1n) is 7.23. The van der Waals surface area contributed by atoms with Crippen LogP contribution in [0.4, 0.5) is 8.78 Å². The molecule has 0 spiro atoms. The molecule has 25 heavy (non-hydrogen) atoms. The van der Waals surface area contributed by atoms with Gasteiger partial charge in [0.25, 0.3) is 0 Å². The van der Waals surface area contributed by atoms with Crippen LogP contribution >= 0.6 is 11.9 Å². The summed E-state index contributed by atoms with van der Waals surface area (Å²) < 4.78 is 26.6. The van der Waals surface area contributed by atoms with Crippen molar-refractivity contribution in [1.29, 1.82) is 0 Å². The number of carbonyl (C=O) groups is 1. The summed E-state index contributed by atoms with van der Waals surface area (Å²) in [4.78, 5) is 14.6. The van der Waals surface area contributed by atoms with Gasteiger partial charge in [0.05, 0.1) is 11.8 Å². The lowest BCUT2D eigenvalue weighted by atomic mass is 10.1. The second kappa shape index (κ2) is 9.67. The number of nitrogens with one attached hydrogen (secondary N) is 3. The van der Waals surface area contributed by atoms with Crippen molar-refractivity contribution in [2.75, 3.05) is 7.05 Å². The van der Waals surface area contributed by atoms with Crippen LogP contribution in [-0.4, -0.2) is 23.5 Å². The number of H-pyrrole nitrogens is 1. The van der Waals surface area contributed by atoms with Crippen LogP contribution in [0.15, 0.2) is 59.8 Å². The minimum absolute atomic E-state index is 0.146. The molecule has 0 bridgehead atoms. The number of halogens is 2. The molecule has 0 amide bonds. The number of hydrogen-bond donors (Lipinski definition) is 3. The fraction of sp³-hybridized carbons (Fsp3) is 0.0588. The quantitative estimate of drug-likeness (QED) is 0.368. The van der Waals surface area contributed by atoms with E-state index in [-0.39, 0.29) is 11.8 Å². The molecule has 3 aromatic rings. The fourth-order valence-corrected chi connectivity index (χ4v) is 2.41. The Morgan fingerprint density at radius 1 is 1.16 bits per heavy atom. The number of aromatic nitrogens is 2. The SMILES string of the molecule is CNNSc1ccccc1.O=Cc1c(F)ccc(-c2cn[nH]c2)c1F. The third-order valence-corrected chi connectivity index (χ3v) is 3.88. The summed E-state index contributed by atoms with van der Waals surface area (Å²) in [7, 11) is 1.84. The van der Waals surface area contributed by atoms with Crippen LogP contribution < -0.4 is 10.3 Å². The van der Waals surface area contributed by atoms with Gasteiger partial charge in [0.2, 0.25) is 0 Å². The highest BCUT2D eigenvalue weighted by molar-refractivity contribution is 7.97. The Hall–Kier alpha value is -2.55. The number of nitrogens with zero attached hydrogens (tertiary/aromatic N) is 1. The predicted molar refractivity (Wildman–Crippen MR) is 93.8 cm³/mol. The van der Waals surface area contributed by atoms with Gasteiger partial charge in [-0.15, -0.1) is 0 Å². The highest BCUT2D eigenvalue weighted by Crippen LogP contribution is 2.24. The molecule has 1 heterocycles. The molecule has 8 heteroatoms. The Bertz CT molecular complexity index is 798. The van der Waals surface area contributed by atoms with E-state index in [1.165, 1.54) is 23.4 Å². The zero-order chi connectivity index (χ0) is 18.1. The number of rotatable bonds is 5. The Balaban J connectivity index is 0.000000196. The molecule has 0 fully saturated rings. The number of hydrazine groups is 1. The van der Waals surface area contributed by atoms with Gasteiger partial charge in [-0.05, 0) is 43.3 Å². The average molecular weight is 362 g/mol. The first-order valence-corrected chi connectivity index (χ1v) is 8.05. The van der Waals surface area contributed by atoms with Crippen LogP contribution in [0.3, 0.4) is 0 Å². The topological polar surface area (TPSA) is 69.8 Å². The number of aldehydes is 1. The summed E-state index contributed by atoms with van der Waals surface area (Å²) in [6, 6.07) is 12.4. The predicted octanol–water partition coefficient (Wildman–Crippen LogP) is 3.59. The molecule has 3 N–H and O–H groups in total. The number of carbonyl (C=O) groups excluding carboxylic acids is 1. The normalized spacial score (nSPS) is 10.0. The number of benzene rings is 2. The molecule has 0 atom stereocenters.